The fourth-order valence-electron chi connectivity index (χ4n) is 3.87. The molecule has 0 spiro atoms. The summed E-state index contributed by atoms with van der Waals surface area (Å²) in [6.07, 6.45) is 0. The predicted octanol–water partition coefficient (Wildman–Crippen LogP) is 2.46. The van der Waals surface area contributed by atoms with Crippen LogP contribution >= 0.6 is 0 Å². The van der Waals surface area contributed by atoms with E-state index in [-0.39, 0.29) is 19.2 Å². The van der Waals surface area contributed by atoms with E-state index in [4.69, 9.17) is 9.47 Å². The number of hydrogen-bond donors (Lipinski definition) is 1. The number of benzene rings is 2. The number of carbonyl (C=O) groups excluding carboxylic acids is 3. The van der Waals surface area contributed by atoms with Crippen LogP contribution in [0, 0.1) is 13.8 Å². The highest BCUT2D eigenvalue weighted by Crippen LogP contribution is 2.37. The minimum atomic E-state index is -1.29. The van der Waals surface area contributed by atoms with Crippen molar-refractivity contribution in [2.24, 2.45) is 0 Å². The van der Waals surface area contributed by atoms with Crippen LogP contribution in [0.2, 0.25) is 0 Å². The Morgan fingerprint density at radius 3 is 2.61 bits per heavy atom. The highest BCUT2D eigenvalue weighted by atomic mass is 16.7. The molecule has 2 aliphatic rings. The van der Waals surface area contributed by atoms with E-state index in [0.717, 1.165) is 21.6 Å². The molecule has 8 nitrogen and oxygen atoms in total. The molecule has 0 aliphatic carbocycles. The molecule has 2 heterocycles. The molecule has 0 saturated carbocycles. The third kappa shape index (κ3) is 3.69. The molecule has 0 bridgehead atoms. The summed E-state index contributed by atoms with van der Waals surface area (Å²) in [5.74, 6) is 0.302. The van der Waals surface area contributed by atoms with E-state index in [2.05, 4.69) is 11.4 Å². The summed E-state index contributed by atoms with van der Waals surface area (Å²) in [5.41, 5.74) is 2.53. The maximum absolute atomic E-state index is 13.1. The van der Waals surface area contributed by atoms with Gasteiger partial charge in [-0.15, -0.1) is 0 Å². The van der Waals surface area contributed by atoms with E-state index in [9.17, 15) is 14.4 Å². The number of rotatable bonds is 5. The third-order valence-electron chi connectivity index (χ3n) is 5.85. The normalized spacial score (nSPS) is 19.5. The Morgan fingerprint density at radius 1 is 1.13 bits per heavy atom. The molecule has 0 unspecified atom stereocenters. The molecule has 1 atom stereocenters. The lowest BCUT2D eigenvalue weighted by Crippen LogP contribution is -2.43. The van der Waals surface area contributed by atoms with Crippen LogP contribution in [-0.4, -0.2) is 48.0 Å². The minimum Gasteiger partial charge on any atom is -0.454 e. The van der Waals surface area contributed by atoms with Gasteiger partial charge in [0.25, 0.3) is 5.91 Å². The van der Waals surface area contributed by atoms with Gasteiger partial charge in [-0.3, -0.25) is 14.5 Å². The monoisotopic (exact) mass is 423 g/mol. The van der Waals surface area contributed by atoms with Crippen LogP contribution in [-0.2, 0) is 21.7 Å². The number of fused-ring (bicyclic) bond motifs is 1. The van der Waals surface area contributed by atoms with Crippen molar-refractivity contribution >= 4 is 17.8 Å². The second kappa shape index (κ2) is 7.61. The van der Waals surface area contributed by atoms with E-state index in [1.54, 1.807) is 32.2 Å². The van der Waals surface area contributed by atoms with Crippen LogP contribution in [0.4, 0.5) is 4.79 Å². The van der Waals surface area contributed by atoms with Gasteiger partial charge in [-0.1, -0.05) is 29.8 Å². The third-order valence-corrected chi connectivity index (χ3v) is 5.85. The zero-order chi connectivity index (χ0) is 22.3. The van der Waals surface area contributed by atoms with Crippen molar-refractivity contribution in [1.82, 2.24) is 15.1 Å². The number of nitrogens with one attached hydrogen (secondary N) is 1. The van der Waals surface area contributed by atoms with Crippen LogP contribution in [0.1, 0.15) is 29.2 Å². The van der Waals surface area contributed by atoms with Crippen LogP contribution in [0.15, 0.2) is 36.4 Å². The van der Waals surface area contributed by atoms with Gasteiger partial charge < -0.3 is 19.7 Å². The minimum absolute atomic E-state index is 0.114. The van der Waals surface area contributed by atoms with Gasteiger partial charge in [-0.25, -0.2) is 4.79 Å². The maximum atomic E-state index is 13.1. The van der Waals surface area contributed by atoms with Crippen molar-refractivity contribution < 1.29 is 23.9 Å². The maximum Gasteiger partial charge on any atom is 0.325 e. The number of imide groups is 1. The fourth-order valence-corrected chi connectivity index (χ4v) is 3.87. The van der Waals surface area contributed by atoms with Crippen molar-refractivity contribution in [3.63, 3.8) is 0 Å². The van der Waals surface area contributed by atoms with Gasteiger partial charge in [0.2, 0.25) is 12.7 Å². The Kier molecular flexibility index (Phi) is 5.08. The lowest BCUT2D eigenvalue weighted by atomic mass is 9.91. The molecule has 2 aromatic carbocycles. The molecular weight excluding hydrogens is 398 g/mol. The average molecular weight is 423 g/mol. The number of carbonyl (C=O) groups is 3. The number of aryl methyl sites for hydroxylation is 2. The summed E-state index contributed by atoms with van der Waals surface area (Å²) < 4.78 is 10.7. The molecule has 0 aromatic heterocycles. The molecule has 8 heteroatoms. The van der Waals surface area contributed by atoms with E-state index < -0.39 is 17.5 Å². The Bertz CT molecular complexity index is 1080. The number of ether oxygens (including phenoxy) is 2. The molecule has 4 amide bonds. The predicted molar refractivity (Wildman–Crippen MR) is 113 cm³/mol. The molecule has 1 fully saturated rings. The molecular formula is C23H25N3O5. The highest BCUT2D eigenvalue weighted by molar-refractivity contribution is 6.09. The zero-order valence-electron chi connectivity index (χ0n) is 18.0. The van der Waals surface area contributed by atoms with Crippen LogP contribution in [0.3, 0.4) is 0 Å². The SMILES string of the molecule is Cc1ccc(CN(C)C(=O)CN2C(=O)N[C@](C)(c3ccc4c(c3)OCO4)C2=O)c(C)c1. The summed E-state index contributed by atoms with van der Waals surface area (Å²) >= 11 is 0. The molecule has 0 radical (unpaired) electrons. The Hall–Kier alpha value is -3.55. The van der Waals surface area contributed by atoms with Crippen molar-refractivity contribution in [2.75, 3.05) is 20.4 Å². The van der Waals surface area contributed by atoms with E-state index in [1.165, 1.54) is 4.90 Å². The first-order valence-electron chi connectivity index (χ1n) is 10.0. The van der Waals surface area contributed by atoms with Gasteiger partial charge in [0.15, 0.2) is 11.5 Å². The fraction of sp³-hybridized carbons (Fsp3) is 0.348. The van der Waals surface area contributed by atoms with Gasteiger partial charge in [-0.2, -0.15) is 0 Å². The number of amides is 4. The summed E-state index contributed by atoms with van der Waals surface area (Å²) in [7, 11) is 1.66. The van der Waals surface area contributed by atoms with E-state index >= 15 is 0 Å². The lowest BCUT2D eigenvalue weighted by Gasteiger charge is -2.24. The lowest BCUT2D eigenvalue weighted by molar-refractivity contribution is -0.138. The summed E-state index contributed by atoms with van der Waals surface area (Å²) in [6.45, 7) is 5.81. The van der Waals surface area contributed by atoms with Gasteiger partial charge in [0, 0.05) is 13.6 Å². The summed E-state index contributed by atoms with van der Waals surface area (Å²) in [5, 5.41) is 2.72. The van der Waals surface area contributed by atoms with E-state index in [0.29, 0.717) is 23.6 Å². The summed E-state index contributed by atoms with van der Waals surface area (Å²) in [6, 6.07) is 10.5. The molecule has 1 saturated heterocycles. The van der Waals surface area contributed by atoms with Gasteiger partial charge in [0.1, 0.15) is 12.1 Å². The first-order valence-corrected chi connectivity index (χ1v) is 10.0. The van der Waals surface area contributed by atoms with E-state index in [1.807, 2.05) is 26.0 Å². The van der Waals surface area contributed by atoms with Crippen LogP contribution in [0.5, 0.6) is 11.5 Å². The number of likely N-dealkylation sites (N-methyl/N-ethyl adjacent to an activating group) is 1. The second-order valence-corrected chi connectivity index (χ2v) is 8.19. The summed E-state index contributed by atoms with van der Waals surface area (Å²) in [4.78, 5) is 41.0. The Labute approximate surface area is 180 Å². The molecule has 2 aliphatic heterocycles. The first-order chi connectivity index (χ1) is 14.7. The van der Waals surface area contributed by atoms with Crippen molar-refractivity contribution in [3.8, 4) is 11.5 Å². The van der Waals surface area contributed by atoms with Crippen molar-refractivity contribution in [1.29, 1.82) is 0 Å². The molecule has 162 valence electrons. The molecule has 31 heavy (non-hydrogen) atoms. The molecule has 2 aromatic rings. The average Bonchev–Trinajstić information content (AvgIpc) is 3.28. The van der Waals surface area contributed by atoms with Crippen molar-refractivity contribution in [2.45, 2.75) is 32.9 Å². The van der Waals surface area contributed by atoms with Gasteiger partial charge in [-0.05, 0) is 49.6 Å². The Morgan fingerprint density at radius 2 is 1.87 bits per heavy atom. The van der Waals surface area contributed by atoms with Gasteiger partial charge >= 0.3 is 6.03 Å². The van der Waals surface area contributed by atoms with Crippen LogP contribution < -0.4 is 14.8 Å². The molecule has 4 rings (SSSR count). The first kappa shape index (κ1) is 20.7. The standard InChI is InChI=1S/C23H25N3O5/c1-14-5-6-16(15(2)9-14)11-25(4)20(27)12-26-21(28)23(3,24-22(26)29)17-7-8-18-19(10-17)31-13-30-18/h5-10H,11-13H2,1-4H3,(H,24,29)/t23-/m1/s1. The quantitative estimate of drug-likeness (QED) is 0.747. The molecule has 1 N–H and O–H groups in total. The number of urea groups is 1. The van der Waals surface area contributed by atoms with Gasteiger partial charge in [0.05, 0.1) is 0 Å². The number of nitrogens with zero attached hydrogens (tertiary/aromatic N) is 2. The zero-order valence-corrected chi connectivity index (χ0v) is 18.0. The largest absolute Gasteiger partial charge is 0.454 e. The highest BCUT2D eigenvalue weighted by Gasteiger charge is 2.50. The number of hydrogen-bond acceptors (Lipinski definition) is 5. The second-order valence-electron chi connectivity index (χ2n) is 8.19. The topological polar surface area (TPSA) is 88.2 Å². The Balaban J connectivity index is 1.48. The van der Waals surface area contributed by atoms with Crippen LogP contribution in [0.25, 0.3) is 0 Å². The smallest absolute Gasteiger partial charge is 0.325 e. The van der Waals surface area contributed by atoms with Crippen molar-refractivity contribution in [3.05, 3.63) is 58.7 Å².